The lowest BCUT2D eigenvalue weighted by Crippen LogP contribution is -2.34. The Labute approximate surface area is 159 Å². The molecule has 0 aliphatic heterocycles. The lowest BCUT2D eigenvalue weighted by atomic mass is 9.91. The third-order valence-corrected chi connectivity index (χ3v) is 5.24. The number of benzene rings is 1. The van der Waals surface area contributed by atoms with Crippen LogP contribution in [0.2, 0.25) is 0 Å². The Morgan fingerprint density at radius 1 is 1.12 bits per heavy atom. The zero-order chi connectivity index (χ0) is 18.9. The molecule has 2 N–H and O–H groups in total. The van der Waals surface area contributed by atoms with Gasteiger partial charge in [0.1, 0.15) is 0 Å². The van der Waals surface area contributed by atoms with E-state index >= 15 is 0 Å². The van der Waals surface area contributed by atoms with E-state index in [4.69, 9.17) is 0 Å². The highest BCUT2D eigenvalue weighted by Gasteiger charge is 2.25. The standard InChI is InChI=1S/C23H34N2O/c1-5-17(3)24-23(19-13-9-7-10-14-19)22(18(4)26)21(6-2)25-20-15-11-8-12-16-20/h7,9-10,13-14,20,23-25H,3,5-6,8,11-12,15-16H2,1-2,4H3/b22-21-. The Bertz CT molecular complexity index is 627. The minimum atomic E-state index is -0.160. The smallest absolute Gasteiger partial charge is 0.159 e. The van der Waals surface area contributed by atoms with E-state index in [1.807, 2.05) is 18.2 Å². The molecular weight excluding hydrogens is 320 g/mol. The van der Waals surface area contributed by atoms with Gasteiger partial charge in [0.25, 0.3) is 0 Å². The maximum atomic E-state index is 12.7. The number of hydrogen-bond acceptors (Lipinski definition) is 3. The Kier molecular flexibility index (Phi) is 7.96. The summed E-state index contributed by atoms with van der Waals surface area (Å²) in [6.45, 7) is 10.0. The van der Waals surface area contributed by atoms with Crippen molar-refractivity contribution in [2.45, 2.75) is 77.8 Å². The number of rotatable bonds is 9. The number of allylic oxidation sites excluding steroid dienone is 2. The largest absolute Gasteiger partial charge is 0.385 e. The first-order valence-corrected chi connectivity index (χ1v) is 10.1. The van der Waals surface area contributed by atoms with Crippen molar-refractivity contribution in [3.63, 3.8) is 0 Å². The Morgan fingerprint density at radius 2 is 1.77 bits per heavy atom. The summed E-state index contributed by atoms with van der Waals surface area (Å²) < 4.78 is 0. The van der Waals surface area contributed by atoms with Gasteiger partial charge >= 0.3 is 0 Å². The molecule has 1 fully saturated rings. The van der Waals surface area contributed by atoms with Crippen LogP contribution in [0.1, 0.15) is 77.3 Å². The van der Waals surface area contributed by atoms with Crippen molar-refractivity contribution in [3.8, 4) is 0 Å². The number of Topliss-reactive ketones (excluding diaryl/α,β-unsaturated/α-hetero) is 1. The third kappa shape index (κ3) is 5.48. The molecule has 0 spiro atoms. The Morgan fingerprint density at radius 3 is 2.31 bits per heavy atom. The van der Waals surface area contributed by atoms with Gasteiger partial charge in [-0.2, -0.15) is 0 Å². The summed E-state index contributed by atoms with van der Waals surface area (Å²) in [6, 6.07) is 10.5. The van der Waals surface area contributed by atoms with Crippen LogP contribution in [0.3, 0.4) is 0 Å². The lowest BCUT2D eigenvalue weighted by molar-refractivity contribution is -0.114. The fraction of sp³-hybridized carbons (Fsp3) is 0.522. The van der Waals surface area contributed by atoms with Crippen molar-refractivity contribution >= 4 is 5.78 Å². The second kappa shape index (κ2) is 10.2. The zero-order valence-corrected chi connectivity index (χ0v) is 16.6. The molecule has 142 valence electrons. The summed E-state index contributed by atoms with van der Waals surface area (Å²) in [5.74, 6) is 0.121. The van der Waals surface area contributed by atoms with Gasteiger partial charge in [-0.25, -0.2) is 0 Å². The van der Waals surface area contributed by atoms with Crippen molar-refractivity contribution in [2.24, 2.45) is 0 Å². The summed E-state index contributed by atoms with van der Waals surface area (Å²) in [4.78, 5) is 12.7. The second-order valence-corrected chi connectivity index (χ2v) is 7.23. The maximum Gasteiger partial charge on any atom is 0.159 e. The topological polar surface area (TPSA) is 41.1 Å². The minimum Gasteiger partial charge on any atom is -0.385 e. The first kappa shape index (κ1) is 20.3. The van der Waals surface area contributed by atoms with Crippen LogP contribution in [0.15, 0.2) is 53.9 Å². The predicted octanol–water partition coefficient (Wildman–Crippen LogP) is 5.42. The van der Waals surface area contributed by atoms with Crippen LogP contribution in [-0.2, 0) is 4.79 Å². The Hall–Kier alpha value is -2.03. The summed E-state index contributed by atoms with van der Waals surface area (Å²) in [5, 5.41) is 7.22. The second-order valence-electron chi connectivity index (χ2n) is 7.23. The predicted molar refractivity (Wildman–Crippen MR) is 110 cm³/mol. The van der Waals surface area contributed by atoms with E-state index in [1.165, 1.54) is 32.1 Å². The first-order chi connectivity index (χ1) is 12.6. The molecule has 2 rings (SSSR count). The molecule has 1 aromatic rings. The van der Waals surface area contributed by atoms with E-state index in [-0.39, 0.29) is 11.8 Å². The highest BCUT2D eigenvalue weighted by atomic mass is 16.1. The number of carbonyl (C=O) groups excluding carboxylic acids is 1. The summed E-state index contributed by atoms with van der Waals surface area (Å²) >= 11 is 0. The molecule has 26 heavy (non-hydrogen) atoms. The van der Waals surface area contributed by atoms with Crippen molar-refractivity contribution in [2.75, 3.05) is 0 Å². The van der Waals surface area contributed by atoms with Crippen LogP contribution < -0.4 is 10.6 Å². The van der Waals surface area contributed by atoms with Crippen LogP contribution in [0.5, 0.6) is 0 Å². The molecule has 0 bridgehead atoms. The van der Waals surface area contributed by atoms with E-state index in [2.05, 4.69) is 43.2 Å². The molecule has 3 heteroatoms. The Balaban J connectivity index is 2.41. The van der Waals surface area contributed by atoms with Gasteiger partial charge in [-0.15, -0.1) is 0 Å². The molecule has 1 atom stereocenters. The van der Waals surface area contributed by atoms with Gasteiger partial charge in [0.05, 0.1) is 6.04 Å². The third-order valence-electron chi connectivity index (χ3n) is 5.24. The molecule has 1 saturated carbocycles. The van der Waals surface area contributed by atoms with Gasteiger partial charge in [0.2, 0.25) is 0 Å². The molecule has 3 nitrogen and oxygen atoms in total. The molecule has 0 saturated heterocycles. The van der Waals surface area contributed by atoms with E-state index < -0.39 is 0 Å². The molecule has 0 aromatic heterocycles. The summed E-state index contributed by atoms with van der Waals surface area (Å²) in [5.41, 5.74) is 3.97. The van der Waals surface area contributed by atoms with Crippen molar-refractivity contribution < 1.29 is 4.79 Å². The van der Waals surface area contributed by atoms with Crippen LogP contribution in [0, 0.1) is 0 Å². The van der Waals surface area contributed by atoms with Crippen LogP contribution >= 0.6 is 0 Å². The summed E-state index contributed by atoms with van der Waals surface area (Å²) in [7, 11) is 0. The van der Waals surface area contributed by atoms with Gasteiger partial charge in [0.15, 0.2) is 5.78 Å². The number of ketones is 1. The molecule has 1 unspecified atom stereocenters. The first-order valence-electron chi connectivity index (χ1n) is 10.1. The molecule has 1 aliphatic rings. The quantitative estimate of drug-likeness (QED) is 0.582. The van der Waals surface area contributed by atoms with Gasteiger partial charge < -0.3 is 10.6 Å². The molecule has 0 radical (unpaired) electrons. The highest BCUT2D eigenvalue weighted by molar-refractivity contribution is 5.95. The average Bonchev–Trinajstić information content (AvgIpc) is 2.67. The zero-order valence-electron chi connectivity index (χ0n) is 16.6. The monoisotopic (exact) mass is 354 g/mol. The van der Waals surface area contributed by atoms with Crippen molar-refractivity contribution in [3.05, 3.63) is 59.4 Å². The van der Waals surface area contributed by atoms with E-state index in [9.17, 15) is 4.79 Å². The highest BCUT2D eigenvalue weighted by Crippen LogP contribution is 2.28. The minimum absolute atomic E-state index is 0.121. The van der Waals surface area contributed by atoms with Crippen LogP contribution in [0.25, 0.3) is 0 Å². The van der Waals surface area contributed by atoms with Gasteiger partial charge in [0, 0.05) is 23.0 Å². The van der Waals surface area contributed by atoms with E-state index in [0.29, 0.717) is 6.04 Å². The molecule has 1 aliphatic carbocycles. The fourth-order valence-corrected chi connectivity index (χ4v) is 3.73. The fourth-order valence-electron chi connectivity index (χ4n) is 3.73. The lowest BCUT2D eigenvalue weighted by Gasteiger charge is -2.30. The number of nitrogens with one attached hydrogen (secondary N) is 2. The van der Waals surface area contributed by atoms with Crippen LogP contribution in [0.4, 0.5) is 0 Å². The SMILES string of the molecule is C=C(CC)NC(/C(C(C)=O)=C(/CC)NC1CCCCC1)c1ccccc1. The van der Waals surface area contributed by atoms with E-state index in [1.54, 1.807) is 6.92 Å². The van der Waals surface area contributed by atoms with Crippen LogP contribution in [-0.4, -0.2) is 11.8 Å². The average molecular weight is 355 g/mol. The number of hydrogen-bond donors (Lipinski definition) is 2. The molecular formula is C23H34N2O. The van der Waals surface area contributed by atoms with Gasteiger partial charge in [-0.1, -0.05) is 70.0 Å². The molecule has 0 heterocycles. The maximum absolute atomic E-state index is 12.7. The van der Waals surface area contributed by atoms with Gasteiger partial charge in [-0.05, 0) is 38.2 Å². The molecule has 1 aromatic carbocycles. The normalized spacial score (nSPS) is 17.2. The van der Waals surface area contributed by atoms with Gasteiger partial charge in [-0.3, -0.25) is 4.79 Å². The number of carbonyl (C=O) groups is 1. The van der Waals surface area contributed by atoms with E-state index in [0.717, 1.165) is 35.4 Å². The van der Waals surface area contributed by atoms with Crippen molar-refractivity contribution in [1.82, 2.24) is 10.6 Å². The molecule has 0 amide bonds. The summed E-state index contributed by atoms with van der Waals surface area (Å²) in [6.07, 6.45) is 7.93. The van der Waals surface area contributed by atoms with Crippen molar-refractivity contribution in [1.29, 1.82) is 0 Å².